The Morgan fingerprint density at radius 2 is 2.25 bits per heavy atom. The number of aromatic nitrogens is 2. The fraction of sp³-hybridized carbons (Fsp3) is 0.400. The quantitative estimate of drug-likeness (QED) is 0.898. The van der Waals surface area contributed by atoms with Crippen molar-refractivity contribution in [2.45, 2.75) is 18.9 Å². The number of ether oxygens (including phenoxy) is 1. The number of benzene rings is 1. The van der Waals surface area contributed by atoms with Gasteiger partial charge >= 0.3 is 0 Å². The number of piperidine rings is 1. The molecule has 0 bridgehead atoms. The Hall–Kier alpha value is -2.01. The summed E-state index contributed by atoms with van der Waals surface area (Å²) in [6.45, 7) is 2.12. The molecule has 2 heterocycles. The van der Waals surface area contributed by atoms with E-state index in [4.69, 9.17) is 10.5 Å². The number of nitrogens with two attached hydrogens (primary N) is 1. The van der Waals surface area contributed by atoms with Gasteiger partial charge in [0.1, 0.15) is 17.7 Å². The minimum Gasteiger partial charge on any atom is -0.488 e. The van der Waals surface area contributed by atoms with Crippen LogP contribution < -0.4 is 10.5 Å². The van der Waals surface area contributed by atoms with Crippen LogP contribution in [0.25, 0.3) is 11.3 Å². The monoisotopic (exact) mass is 272 g/mol. The summed E-state index contributed by atoms with van der Waals surface area (Å²) in [6, 6.07) is 9.84. The van der Waals surface area contributed by atoms with E-state index in [0.29, 0.717) is 5.82 Å². The molecule has 106 valence electrons. The standard InChI is InChI=1S/C15H20N4O/c1-19-8-4-5-11(10-19)20-14-7-3-2-6-12(14)13-9-15(16)18-17-13/h2-3,6-7,9,11H,4-5,8,10H2,1H3,(H3,16,17,18). The zero-order valence-electron chi connectivity index (χ0n) is 11.7. The molecule has 1 aromatic heterocycles. The van der Waals surface area contributed by atoms with E-state index in [1.165, 1.54) is 6.42 Å². The van der Waals surface area contributed by atoms with Gasteiger partial charge in [0.05, 0.1) is 5.69 Å². The molecule has 1 atom stereocenters. The molecule has 0 radical (unpaired) electrons. The van der Waals surface area contributed by atoms with E-state index in [0.717, 1.165) is 36.5 Å². The number of likely N-dealkylation sites (N-methyl/N-ethyl adjacent to an activating group) is 1. The van der Waals surface area contributed by atoms with Gasteiger partial charge in [-0.3, -0.25) is 5.10 Å². The maximum absolute atomic E-state index is 6.19. The number of nitrogens with one attached hydrogen (secondary N) is 1. The number of para-hydroxylation sites is 1. The van der Waals surface area contributed by atoms with Crippen molar-refractivity contribution in [3.05, 3.63) is 30.3 Å². The summed E-state index contributed by atoms with van der Waals surface area (Å²) in [4.78, 5) is 2.31. The normalized spacial score (nSPS) is 19.9. The highest BCUT2D eigenvalue weighted by Gasteiger charge is 2.20. The number of nitrogen functional groups attached to an aromatic ring is 1. The molecule has 2 aromatic rings. The molecule has 1 saturated heterocycles. The summed E-state index contributed by atoms with van der Waals surface area (Å²) in [6.07, 6.45) is 2.53. The van der Waals surface area contributed by atoms with Crippen molar-refractivity contribution in [2.75, 3.05) is 25.9 Å². The molecule has 0 saturated carbocycles. The molecule has 1 aliphatic heterocycles. The molecular weight excluding hydrogens is 252 g/mol. The zero-order chi connectivity index (χ0) is 13.9. The van der Waals surface area contributed by atoms with Gasteiger partial charge in [0.25, 0.3) is 0 Å². The Morgan fingerprint density at radius 1 is 1.40 bits per heavy atom. The van der Waals surface area contributed by atoms with E-state index in [9.17, 15) is 0 Å². The summed E-state index contributed by atoms with van der Waals surface area (Å²) in [7, 11) is 2.14. The first-order valence-corrected chi connectivity index (χ1v) is 6.98. The van der Waals surface area contributed by atoms with Crippen molar-refractivity contribution in [2.24, 2.45) is 0 Å². The van der Waals surface area contributed by atoms with Gasteiger partial charge in [0, 0.05) is 18.2 Å². The smallest absolute Gasteiger partial charge is 0.145 e. The molecule has 20 heavy (non-hydrogen) atoms. The van der Waals surface area contributed by atoms with Crippen molar-refractivity contribution < 1.29 is 4.74 Å². The minimum atomic E-state index is 0.246. The van der Waals surface area contributed by atoms with Gasteiger partial charge in [-0.05, 0) is 38.6 Å². The number of likely N-dealkylation sites (tertiary alicyclic amines) is 1. The van der Waals surface area contributed by atoms with Crippen LogP contribution in [0.2, 0.25) is 0 Å². The number of anilines is 1. The van der Waals surface area contributed by atoms with Crippen LogP contribution in [0.15, 0.2) is 30.3 Å². The van der Waals surface area contributed by atoms with E-state index in [-0.39, 0.29) is 6.10 Å². The number of H-pyrrole nitrogens is 1. The van der Waals surface area contributed by atoms with Gasteiger partial charge in [-0.1, -0.05) is 12.1 Å². The Bertz CT molecular complexity index is 581. The Balaban J connectivity index is 1.83. The van der Waals surface area contributed by atoms with Crippen LogP contribution in [0.5, 0.6) is 5.75 Å². The molecule has 0 spiro atoms. The first-order valence-electron chi connectivity index (χ1n) is 6.98. The Kier molecular flexibility index (Phi) is 3.60. The van der Waals surface area contributed by atoms with Crippen molar-refractivity contribution in [3.8, 4) is 17.0 Å². The lowest BCUT2D eigenvalue weighted by molar-refractivity contribution is 0.105. The maximum Gasteiger partial charge on any atom is 0.145 e. The fourth-order valence-corrected chi connectivity index (χ4v) is 2.66. The molecule has 3 N–H and O–H groups in total. The molecule has 5 heteroatoms. The van der Waals surface area contributed by atoms with Crippen LogP contribution in [0, 0.1) is 0 Å². The van der Waals surface area contributed by atoms with E-state index in [1.807, 2.05) is 30.3 Å². The van der Waals surface area contributed by atoms with Crippen LogP contribution in [0.4, 0.5) is 5.82 Å². The van der Waals surface area contributed by atoms with Gasteiger partial charge in [-0.15, -0.1) is 0 Å². The summed E-state index contributed by atoms with van der Waals surface area (Å²) in [5, 5.41) is 6.92. The van der Waals surface area contributed by atoms with Gasteiger partial charge in [0.2, 0.25) is 0 Å². The van der Waals surface area contributed by atoms with Gasteiger partial charge in [-0.25, -0.2) is 0 Å². The number of aromatic amines is 1. The van der Waals surface area contributed by atoms with Crippen LogP contribution in [-0.4, -0.2) is 41.3 Å². The van der Waals surface area contributed by atoms with Crippen LogP contribution in [0.1, 0.15) is 12.8 Å². The van der Waals surface area contributed by atoms with Crippen LogP contribution in [-0.2, 0) is 0 Å². The summed E-state index contributed by atoms with van der Waals surface area (Å²) in [5.41, 5.74) is 7.57. The third-order valence-electron chi connectivity index (χ3n) is 3.65. The van der Waals surface area contributed by atoms with E-state index in [2.05, 4.69) is 22.1 Å². The van der Waals surface area contributed by atoms with Crippen LogP contribution in [0.3, 0.4) is 0 Å². The minimum absolute atomic E-state index is 0.246. The molecule has 0 aliphatic carbocycles. The lowest BCUT2D eigenvalue weighted by Crippen LogP contribution is -2.38. The number of hydrogen-bond donors (Lipinski definition) is 2. The van der Waals surface area contributed by atoms with E-state index in [1.54, 1.807) is 0 Å². The molecule has 1 aromatic carbocycles. The summed E-state index contributed by atoms with van der Waals surface area (Å²) < 4.78 is 6.19. The molecule has 0 amide bonds. The molecule has 1 unspecified atom stereocenters. The molecule has 3 rings (SSSR count). The molecule has 5 nitrogen and oxygen atoms in total. The largest absolute Gasteiger partial charge is 0.488 e. The summed E-state index contributed by atoms with van der Waals surface area (Å²) >= 11 is 0. The lowest BCUT2D eigenvalue weighted by atomic mass is 10.1. The zero-order valence-corrected chi connectivity index (χ0v) is 11.7. The SMILES string of the molecule is CN1CCCC(Oc2ccccc2-c2cc(N)n[nH]2)C1. The highest BCUT2D eigenvalue weighted by molar-refractivity contribution is 5.68. The molecule has 1 fully saturated rings. The highest BCUT2D eigenvalue weighted by atomic mass is 16.5. The van der Waals surface area contributed by atoms with E-state index < -0.39 is 0 Å². The first-order chi connectivity index (χ1) is 9.72. The lowest BCUT2D eigenvalue weighted by Gasteiger charge is -2.30. The fourth-order valence-electron chi connectivity index (χ4n) is 2.66. The van der Waals surface area contributed by atoms with Crippen LogP contribution >= 0.6 is 0 Å². The maximum atomic E-state index is 6.19. The molecular formula is C15H20N4O. The first kappa shape index (κ1) is 13.0. The summed E-state index contributed by atoms with van der Waals surface area (Å²) in [5.74, 6) is 1.38. The Labute approximate surface area is 118 Å². The topological polar surface area (TPSA) is 67.2 Å². The van der Waals surface area contributed by atoms with Crippen molar-refractivity contribution in [1.29, 1.82) is 0 Å². The third kappa shape index (κ3) is 2.77. The van der Waals surface area contributed by atoms with E-state index >= 15 is 0 Å². The number of nitrogens with zero attached hydrogens (tertiary/aromatic N) is 2. The average molecular weight is 272 g/mol. The van der Waals surface area contributed by atoms with Crippen molar-refractivity contribution in [1.82, 2.24) is 15.1 Å². The van der Waals surface area contributed by atoms with Gasteiger partial charge < -0.3 is 15.4 Å². The second-order valence-electron chi connectivity index (χ2n) is 5.35. The van der Waals surface area contributed by atoms with Crippen molar-refractivity contribution >= 4 is 5.82 Å². The number of hydrogen-bond acceptors (Lipinski definition) is 4. The third-order valence-corrected chi connectivity index (χ3v) is 3.65. The second kappa shape index (κ2) is 5.54. The highest BCUT2D eigenvalue weighted by Crippen LogP contribution is 2.30. The average Bonchev–Trinajstić information content (AvgIpc) is 2.86. The molecule has 1 aliphatic rings. The number of rotatable bonds is 3. The van der Waals surface area contributed by atoms with Gasteiger partial charge in [0.15, 0.2) is 0 Å². The van der Waals surface area contributed by atoms with Crippen molar-refractivity contribution in [3.63, 3.8) is 0 Å². The second-order valence-corrected chi connectivity index (χ2v) is 5.35. The van der Waals surface area contributed by atoms with Gasteiger partial charge in [-0.2, -0.15) is 5.10 Å². The Morgan fingerprint density at radius 3 is 3.00 bits per heavy atom. The predicted molar refractivity (Wildman–Crippen MR) is 79.6 cm³/mol. The predicted octanol–water partition coefficient (Wildman–Crippen LogP) is 2.13.